The van der Waals surface area contributed by atoms with Crippen LogP contribution >= 0.6 is 0 Å². The lowest BCUT2D eigenvalue weighted by molar-refractivity contribution is -0.119. The average Bonchev–Trinajstić information content (AvgIpc) is 3.20. The topological polar surface area (TPSA) is 47.3 Å². The Hall–Kier alpha value is -1.64. The zero-order valence-corrected chi connectivity index (χ0v) is 15.8. The van der Waals surface area contributed by atoms with Crippen LogP contribution in [0.3, 0.4) is 0 Å². The van der Waals surface area contributed by atoms with Crippen molar-refractivity contribution in [2.75, 3.05) is 0 Å². The van der Waals surface area contributed by atoms with E-state index < -0.39 is 0 Å². The van der Waals surface area contributed by atoms with E-state index in [0.717, 1.165) is 37.7 Å². The number of rotatable bonds is 1. The fourth-order valence-electron chi connectivity index (χ4n) is 7.36. The van der Waals surface area contributed by atoms with Crippen LogP contribution < -0.4 is 0 Å². The highest BCUT2D eigenvalue weighted by Gasteiger charge is 2.61. The highest BCUT2D eigenvalue weighted by Crippen LogP contribution is 2.67. The van der Waals surface area contributed by atoms with Crippen molar-refractivity contribution in [1.82, 2.24) is 0 Å². The van der Waals surface area contributed by atoms with Crippen molar-refractivity contribution in [3.8, 4) is 0 Å². The maximum atomic E-state index is 13.0. The molecule has 0 unspecified atom stereocenters. The number of hydrogen-bond acceptors (Lipinski definition) is 3. The van der Waals surface area contributed by atoms with Crippen LogP contribution in [0.4, 0.5) is 0 Å². The van der Waals surface area contributed by atoms with E-state index in [9.17, 15) is 9.59 Å². The Morgan fingerprint density at radius 3 is 2.69 bits per heavy atom. The van der Waals surface area contributed by atoms with E-state index in [0.29, 0.717) is 35.7 Å². The molecular formula is C23H28O3. The monoisotopic (exact) mass is 352 g/mol. The summed E-state index contributed by atoms with van der Waals surface area (Å²) in [6, 6.07) is 1.98. The molecule has 26 heavy (non-hydrogen) atoms. The van der Waals surface area contributed by atoms with Gasteiger partial charge in [0.1, 0.15) is 5.78 Å². The molecule has 4 aliphatic carbocycles. The zero-order valence-electron chi connectivity index (χ0n) is 15.8. The Labute approximate surface area is 155 Å². The molecule has 6 atom stereocenters. The van der Waals surface area contributed by atoms with Crippen molar-refractivity contribution in [2.45, 2.75) is 64.7 Å². The fourth-order valence-corrected chi connectivity index (χ4v) is 7.36. The summed E-state index contributed by atoms with van der Waals surface area (Å²) in [5.41, 5.74) is 2.71. The summed E-state index contributed by atoms with van der Waals surface area (Å²) < 4.78 is 5.31. The summed E-state index contributed by atoms with van der Waals surface area (Å²) in [6.45, 7) is 4.75. The van der Waals surface area contributed by atoms with Crippen molar-refractivity contribution in [1.29, 1.82) is 0 Å². The predicted octanol–water partition coefficient (Wildman–Crippen LogP) is 5.07. The van der Waals surface area contributed by atoms with Crippen molar-refractivity contribution in [3.63, 3.8) is 0 Å². The van der Waals surface area contributed by atoms with Crippen LogP contribution in [0.1, 0.15) is 70.3 Å². The lowest BCUT2D eigenvalue weighted by Gasteiger charge is -2.57. The Kier molecular flexibility index (Phi) is 3.45. The summed E-state index contributed by atoms with van der Waals surface area (Å²) in [6.07, 6.45) is 12.3. The lowest BCUT2D eigenvalue weighted by Crippen LogP contribution is -2.50. The third-order valence-corrected chi connectivity index (χ3v) is 8.68. The van der Waals surface area contributed by atoms with Gasteiger partial charge in [-0.05, 0) is 72.8 Å². The van der Waals surface area contributed by atoms with Gasteiger partial charge in [-0.2, -0.15) is 0 Å². The minimum Gasteiger partial charge on any atom is -0.472 e. The number of Topliss-reactive ketones (excluding diaryl/α,β-unsaturated/α-hetero) is 1. The largest absolute Gasteiger partial charge is 0.472 e. The molecule has 3 heteroatoms. The summed E-state index contributed by atoms with van der Waals surface area (Å²) in [5, 5.41) is 0. The van der Waals surface area contributed by atoms with E-state index in [2.05, 4.69) is 13.8 Å². The Morgan fingerprint density at radius 2 is 1.92 bits per heavy atom. The van der Waals surface area contributed by atoms with Crippen molar-refractivity contribution >= 4 is 11.6 Å². The van der Waals surface area contributed by atoms with Crippen LogP contribution in [0.5, 0.6) is 0 Å². The number of furan rings is 1. The standard InChI is InChI=1S/C23H28O3/c1-22-8-5-16(24)11-15(22)3-4-17-18(22)6-9-23(2)19(17)12-20(25)21(23)14-7-10-26-13-14/h7,10-11,13,17-19,21H,3-6,8-9,12H2,1-2H3/t17-,18+,19+,21-,22+,23-/m1/s1. The van der Waals surface area contributed by atoms with Gasteiger partial charge in [0.15, 0.2) is 5.78 Å². The first-order valence-corrected chi connectivity index (χ1v) is 10.2. The smallest absolute Gasteiger partial charge is 0.155 e. The molecule has 5 rings (SSSR count). The molecule has 0 aromatic carbocycles. The Bertz CT molecular complexity index is 788. The second-order valence-corrected chi connectivity index (χ2v) is 9.67. The molecule has 138 valence electrons. The molecule has 0 N–H and O–H groups in total. The van der Waals surface area contributed by atoms with Crippen LogP contribution in [0.15, 0.2) is 34.7 Å². The molecule has 0 radical (unpaired) electrons. The quantitative estimate of drug-likeness (QED) is 0.708. The van der Waals surface area contributed by atoms with Gasteiger partial charge in [-0.1, -0.05) is 19.4 Å². The molecule has 3 nitrogen and oxygen atoms in total. The van der Waals surface area contributed by atoms with E-state index >= 15 is 0 Å². The molecule has 3 fully saturated rings. The molecule has 0 bridgehead atoms. The Morgan fingerprint density at radius 1 is 1.08 bits per heavy atom. The van der Waals surface area contributed by atoms with Crippen LogP contribution in [0.2, 0.25) is 0 Å². The summed E-state index contributed by atoms with van der Waals surface area (Å²) in [4.78, 5) is 25.0. The maximum absolute atomic E-state index is 13.0. The molecule has 0 spiro atoms. The van der Waals surface area contributed by atoms with Crippen LogP contribution in [-0.4, -0.2) is 11.6 Å². The van der Waals surface area contributed by atoms with Crippen molar-refractivity contribution < 1.29 is 14.0 Å². The van der Waals surface area contributed by atoms with Gasteiger partial charge in [-0.15, -0.1) is 0 Å². The summed E-state index contributed by atoms with van der Waals surface area (Å²) in [7, 11) is 0. The average molecular weight is 352 g/mol. The third-order valence-electron chi connectivity index (χ3n) is 8.68. The van der Waals surface area contributed by atoms with Crippen LogP contribution in [0.25, 0.3) is 0 Å². The van der Waals surface area contributed by atoms with Crippen LogP contribution in [-0.2, 0) is 9.59 Å². The third kappa shape index (κ3) is 2.06. The molecule has 1 heterocycles. The van der Waals surface area contributed by atoms with E-state index in [1.807, 2.05) is 12.1 Å². The fraction of sp³-hybridized carbons (Fsp3) is 0.652. The number of carbonyl (C=O) groups excluding carboxylic acids is 2. The van der Waals surface area contributed by atoms with Gasteiger partial charge >= 0.3 is 0 Å². The van der Waals surface area contributed by atoms with Gasteiger partial charge in [0.2, 0.25) is 0 Å². The first-order valence-electron chi connectivity index (χ1n) is 10.2. The molecule has 4 aliphatic rings. The van der Waals surface area contributed by atoms with Gasteiger partial charge in [-0.3, -0.25) is 9.59 Å². The van der Waals surface area contributed by atoms with E-state index in [1.165, 1.54) is 12.0 Å². The number of allylic oxidation sites excluding steroid dienone is 1. The van der Waals surface area contributed by atoms with Crippen molar-refractivity contribution in [3.05, 3.63) is 35.8 Å². The number of fused-ring (bicyclic) bond motifs is 5. The zero-order chi connectivity index (χ0) is 18.1. The summed E-state index contributed by atoms with van der Waals surface area (Å²) in [5.74, 6) is 2.45. The van der Waals surface area contributed by atoms with Crippen LogP contribution in [0, 0.1) is 28.6 Å². The van der Waals surface area contributed by atoms with Crippen molar-refractivity contribution in [2.24, 2.45) is 28.6 Å². The van der Waals surface area contributed by atoms with Gasteiger partial charge in [0.25, 0.3) is 0 Å². The number of carbonyl (C=O) groups is 2. The van der Waals surface area contributed by atoms with Gasteiger partial charge < -0.3 is 4.42 Å². The minimum absolute atomic E-state index is 0.00452. The number of ketones is 2. The lowest BCUT2D eigenvalue weighted by atomic mass is 9.46. The predicted molar refractivity (Wildman–Crippen MR) is 98.5 cm³/mol. The second kappa shape index (κ2) is 5.43. The Balaban J connectivity index is 1.51. The minimum atomic E-state index is 0.00452. The first-order chi connectivity index (χ1) is 12.4. The van der Waals surface area contributed by atoms with E-state index in [1.54, 1.807) is 12.5 Å². The van der Waals surface area contributed by atoms with E-state index in [-0.39, 0.29) is 16.7 Å². The van der Waals surface area contributed by atoms with E-state index in [4.69, 9.17) is 4.42 Å². The first kappa shape index (κ1) is 16.5. The summed E-state index contributed by atoms with van der Waals surface area (Å²) >= 11 is 0. The van der Waals surface area contributed by atoms with Gasteiger partial charge in [-0.25, -0.2) is 0 Å². The molecule has 0 aliphatic heterocycles. The number of hydrogen-bond donors (Lipinski definition) is 0. The molecular weight excluding hydrogens is 324 g/mol. The highest BCUT2D eigenvalue weighted by atomic mass is 16.3. The highest BCUT2D eigenvalue weighted by molar-refractivity contribution is 5.92. The van der Waals surface area contributed by atoms with Gasteiger partial charge in [0, 0.05) is 18.4 Å². The molecule has 3 saturated carbocycles. The normalized spacial score (nSPS) is 44.9. The second-order valence-electron chi connectivity index (χ2n) is 9.67. The molecule has 1 aromatic rings. The molecule has 1 aromatic heterocycles. The molecule has 0 amide bonds. The SMILES string of the molecule is C[C@@]12CC[C@H]3[C@@H](CCC4=CC(=O)CC[C@@]43C)[C@@H]1CC(=O)[C@H]2c1ccoc1. The maximum Gasteiger partial charge on any atom is 0.155 e. The molecule has 0 saturated heterocycles. The van der Waals surface area contributed by atoms with Gasteiger partial charge in [0.05, 0.1) is 18.4 Å².